The maximum atomic E-state index is 6.27. The van der Waals surface area contributed by atoms with Crippen molar-refractivity contribution < 1.29 is 14.2 Å². The van der Waals surface area contributed by atoms with E-state index in [1.54, 1.807) is 27.4 Å². The minimum Gasteiger partial charge on any atom is -0.497 e. The van der Waals surface area contributed by atoms with E-state index >= 15 is 0 Å². The number of ether oxygens (including phenoxy) is 3. The number of nitrogens with one attached hydrogen (secondary N) is 1. The summed E-state index contributed by atoms with van der Waals surface area (Å²) in [6.45, 7) is 1.36. The van der Waals surface area contributed by atoms with E-state index in [4.69, 9.17) is 25.8 Å². The van der Waals surface area contributed by atoms with Crippen molar-refractivity contribution in [1.82, 2.24) is 5.32 Å². The SMILES string of the molecule is COc1cccc(CNCc2cc(OC)c(OC)cc2Cl)c1. The summed E-state index contributed by atoms with van der Waals surface area (Å²) in [6.07, 6.45) is 0. The molecule has 0 aliphatic heterocycles. The second kappa shape index (κ2) is 7.92. The summed E-state index contributed by atoms with van der Waals surface area (Å²) in [7, 11) is 4.87. The number of benzene rings is 2. The summed E-state index contributed by atoms with van der Waals surface area (Å²) < 4.78 is 15.7. The highest BCUT2D eigenvalue weighted by Crippen LogP contribution is 2.33. The summed E-state index contributed by atoms with van der Waals surface area (Å²) in [4.78, 5) is 0. The van der Waals surface area contributed by atoms with E-state index in [1.807, 2.05) is 30.3 Å². The van der Waals surface area contributed by atoms with E-state index < -0.39 is 0 Å². The Morgan fingerprint density at radius 2 is 1.64 bits per heavy atom. The van der Waals surface area contributed by atoms with Crippen molar-refractivity contribution in [3.05, 3.63) is 52.5 Å². The minimum atomic E-state index is 0.629. The fourth-order valence-corrected chi connectivity index (χ4v) is 2.38. The van der Waals surface area contributed by atoms with Crippen LogP contribution < -0.4 is 19.5 Å². The summed E-state index contributed by atoms with van der Waals surface area (Å²) >= 11 is 6.27. The molecule has 0 unspecified atom stereocenters. The zero-order chi connectivity index (χ0) is 15.9. The van der Waals surface area contributed by atoms with E-state index in [9.17, 15) is 0 Å². The van der Waals surface area contributed by atoms with Gasteiger partial charge in [0.25, 0.3) is 0 Å². The fourth-order valence-electron chi connectivity index (χ4n) is 2.16. The summed E-state index contributed by atoms with van der Waals surface area (Å²) in [5.74, 6) is 2.15. The first kappa shape index (κ1) is 16.5. The third kappa shape index (κ3) is 4.06. The lowest BCUT2D eigenvalue weighted by atomic mass is 10.1. The molecule has 0 amide bonds. The van der Waals surface area contributed by atoms with Gasteiger partial charge in [0.2, 0.25) is 0 Å². The zero-order valence-corrected chi connectivity index (χ0v) is 13.7. The molecular weight excluding hydrogens is 302 g/mol. The molecule has 0 spiro atoms. The highest BCUT2D eigenvalue weighted by Gasteiger charge is 2.09. The van der Waals surface area contributed by atoms with Crippen molar-refractivity contribution in [2.45, 2.75) is 13.1 Å². The smallest absolute Gasteiger partial charge is 0.162 e. The van der Waals surface area contributed by atoms with Crippen molar-refractivity contribution in [3.63, 3.8) is 0 Å². The average molecular weight is 322 g/mol. The molecule has 0 saturated heterocycles. The van der Waals surface area contributed by atoms with Crippen LogP contribution in [-0.4, -0.2) is 21.3 Å². The molecule has 22 heavy (non-hydrogen) atoms. The fraction of sp³-hybridized carbons (Fsp3) is 0.294. The molecule has 0 atom stereocenters. The molecule has 2 aromatic carbocycles. The molecule has 0 bridgehead atoms. The number of rotatable bonds is 7. The van der Waals surface area contributed by atoms with Crippen molar-refractivity contribution in [3.8, 4) is 17.2 Å². The average Bonchev–Trinajstić information content (AvgIpc) is 2.56. The molecule has 2 rings (SSSR count). The molecule has 0 radical (unpaired) electrons. The van der Waals surface area contributed by atoms with Crippen molar-refractivity contribution in [1.29, 1.82) is 0 Å². The summed E-state index contributed by atoms with van der Waals surface area (Å²) in [5.41, 5.74) is 2.11. The molecule has 0 aliphatic carbocycles. The Labute approximate surface area is 136 Å². The molecule has 4 nitrogen and oxygen atoms in total. The highest BCUT2D eigenvalue weighted by molar-refractivity contribution is 6.31. The third-order valence-electron chi connectivity index (χ3n) is 3.33. The predicted molar refractivity (Wildman–Crippen MR) is 88.1 cm³/mol. The molecule has 0 heterocycles. The number of hydrogen-bond acceptors (Lipinski definition) is 4. The first-order valence-corrected chi connectivity index (χ1v) is 7.29. The first-order valence-electron chi connectivity index (χ1n) is 6.92. The molecule has 0 aliphatic rings. The van der Waals surface area contributed by atoms with Gasteiger partial charge in [0.1, 0.15) is 5.75 Å². The predicted octanol–water partition coefficient (Wildman–Crippen LogP) is 3.66. The Morgan fingerprint density at radius 3 is 2.32 bits per heavy atom. The maximum absolute atomic E-state index is 6.27. The summed E-state index contributed by atoms with van der Waals surface area (Å²) in [6, 6.07) is 11.6. The van der Waals surface area contributed by atoms with E-state index in [2.05, 4.69) is 5.32 Å². The van der Waals surface area contributed by atoms with E-state index in [1.165, 1.54) is 0 Å². The van der Waals surface area contributed by atoms with Gasteiger partial charge in [-0.05, 0) is 29.3 Å². The van der Waals surface area contributed by atoms with Crippen LogP contribution in [0.4, 0.5) is 0 Å². The standard InChI is InChI=1S/C17H20ClNO3/c1-20-14-6-4-5-12(7-14)10-19-11-13-8-16(21-2)17(22-3)9-15(13)18/h4-9,19H,10-11H2,1-3H3. The molecule has 1 N–H and O–H groups in total. The number of halogens is 1. The molecule has 5 heteroatoms. The van der Waals surface area contributed by atoms with E-state index in [0.717, 1.165) is 23.4 Å². The highest BCUT2D eigenvalue weighted by atomic mass is 35.5. The van der Waals surface area contributed by atoms with Crippen molar-refractivity contribution in [2.75, 3.05) is 21.3 Å². The van der Waals surface area contributed by atoms with Gasteiger partial charge in [-0.1, -0.05) is 23.7 Å². The van der Waals surface area contributed by atoms with Gasteiger partial charge in [-0.15, -0.1) is 0 Å². The second-order valence-electron chi connectivity index (χ2n) is 4.75. The molecule has 2 aromatic rings. The van der Waals surface area contributed by atoms with Gasteiger partial charge in [0, 0.05) is 24.2 Å². The van der Waals surface area contributed by atoms with E-state index in [-0.39, 0.29) is 0 Å². The quantitative estimate of drug-likeness (QED) is 0.845. The zero-order valence-electron chi connectivity index (χ0n) is 13.0. The van der Waals surface area contributed by atoms with Crippen LogP contribution in [0.5, 0.6) is 17.2 Å². The van der Waals surface area contributed by atoms with Gasteiger partial charge < -0.3 is 19.5 Å². The Balaban J connectivity index is 2.02. The number of hydrogen-bond donors (Lipinski definition) is 1. The van der Waals surface area contributed by atoms with Gasteiger partial charge in [-0.2, -0.15) is 0 Å². The largest absolute Gasteiger partial charge is 0.497 e. The Kier molecular flexibility index (Phi) is 5.92. The monoisotopic (exact) mass is 321 g/mol. The molecule has 0 fully saturated rings. The maximum Gasteiger partial charge on any atom is 0.162 e. The number of methoxy groups -OCH3 is 3. The summed E-state index contributed by atoms with van der Waals surface area (Å²) in [5, 5.41) is 4.01. The Hall–Kier alpha value is -1.91. The Morgan fingerprint density at radius 1 is 0.909 bits per heavy atom. The van der Waals surface area contributed by atoms with Crippen LogP contribution >= 0.6 is 11.6 Å². The molecular formula is C17H20ClNO3. The van der Waals surface area contributed by atoms with Crippen LogP contribution in [0.2, 0.25) is 5.02 Å². The van der Waals surface area contributed by atoms with Gasteiger partial charge in [0.15, 0.2) is 11.5 Å². The lowest BCUT2D eigenvalue weighted by molar-refractivity contribution is 0.354. The van der Waals surface area contributed by atoms with Crippen LogP contribution in [0.15, 0.2) is 36.4 Å². The first-order chi connectivity index (χ1) is 10.7. The van der Waals surface area contributed by atoms with Crippen LogP contribution in [0.25, 0.3) is 0 Å². The topological polar surface area (TPSA) is 39.7 Å². The van der Waals surface area contributed by atoms with Gasteiger partial charge >= 0.3 is 0 Å². The van der Waals surface area contributed by atoms with E-state index in [0.29, 0.717) is 23.1 Å². The van der Waals surface area contributed by atoms with Crippen LogP contribution in [-0.2, 0) is 13.1 Å². The molecule has 0 aromatic heterocycles. The lowest BCUT2D eigenvalue weighted by Crippen LogP contribution is -2.13. The normalized spacial score (nSPS) is 10.4. The van der Waals surface area contributed by atoms with Crippen LogP contribution in [0.3, 0.4) is 0 Å². The van der Waals surface area contributed by atoms with Crippen LogP contribution in [0.1, 0.15) is 11.1 Å². The molecule has 118 valence electrons. The molecule has 0 saturated carbocycles. The minimum absolute atomic E-state index is 0.629. The van der Waals surface area contributed by atoms with Crippen molar-refractivity contribution in [2.24, 2.45) is 0 Å². The Bertz CT molecular complexity index is 631. The van der Waals surface area contributed by atoms with Gasteiger partial charge in [-0.3, -0.25) is 0 Å². The van der Waals surface area contributed by atoms with Gasteiger partial charge in [-0.25, -0.2) is 0 Å². The lowest BCUT2D eigenvalue weighted by Gasteiger charge is -2.12. The third-order valence-corrected chi connectivity index (χ3v) is 3.68. The van der Waals surface area contributed by atoms with Gasteiger partial charge in [0.05, 0.1) is 21.3 Å². The van der Waals surface area contributed by atoms with Crippen LogP contribution in [0, 0.1) is 0 Å². The van der Waals surface area contributed by atoms with Crippen molar-refractivity contribution >= 4 is 11.6 Å². The second-order valence-corrected chi connectivity index (χ2v) is 5.16.